The van der Waals surface area contributed by atoms with Crippen molar-refractivity contribution in [3.05, 3.63) is 29.8 Å². The maximum absolute atomic E-state index is 10.1. The molecule has 0 aliphatic rings. The number of aliphatic hydroxyl groups excluding tert-OH is 1. The fourth-order valence-corrected chi connectivity index (χ4v) is 1.72. The van der Waals surface area contributed by atoms with Crippen LogP contribution >= 0.6 is 0 Å². The van der Waals surface area contributed by atoms with Crippen molar-refractivity contribution in [3.8, 4) is 5.75 Å². The van der Waals surface area contributed by atoms with Gasteiger partial charge in [-0.3, -0.25) is 0 Å². The van der Waals surface area contributed by atoms with Gasteiger partial charge in [0.25, 0.3) is 0 Å². The van der Waals surface area contributed by atoms with Crippen LogP contribution < -0.4 is 10.5 Å². The zero-order chi connectivity index (χ0) is 12.0. The minimum Gasteiger partial charge on any atom is -0.494 e. The summed E-state index contributed by atoms with van der Waals surface area (Å²) in [6, 6.07) is 7.55. The Labute approximate surface area is 97.2 Å². The lowest BCUT2D eigenvalue weighted by molar-refractivity contribution is 0.110. The summed E-state index contributed by atoms with van der Waals surface area (Å²) in [4.78, 5) is 0. The van der Waals surface area contributed by atoms with Gasteiger partial charge in [-0.15, -0.1) is 0 Å². The smallest absolute Gasteiger partial charge is 0.119 e. The lowest BCUT2D eigenvalue weighted by atomic mass is 9.94. The molecule has 3 heteroatoms. The average molecular weight is 223 g/mol. The van der Waals surface area contributed by atoms with Gasteiger partial charge in [-0.25, -0.2) is 0 Å². The summed E-state index contributed by atoms with van der Waals surface area (Å²) in [6.07, 6.45) is 0.399. The van der Waals surface area contributed by atoms with Crippen LogP contribution in [0.3, 0.4) is 0 Å². The van der Waals surface area contributed by atoms with E-state index in [1.54, 1.807) is 0 Å². The number of ether oxygens (including phenoxy) is 1. The molecule has 2 unspecified atom stereocenters. The highest BCUT2D eigenvalue weighted by Crippen LogP contribution is 2.25. The van der Waals surface area contributed by atoms with Crippen molar-refractivity contribution in [2.75, 3.05) is 13.2 Å². The third-order valence-electron chi connectivity index (χ3n) is 2.81. The molecule has 1 aromatic rings. The van der Waals surface area contributed by atoms with Crippen LogP contribution in [-0.2, 0) is 0 Å². The molecule has 16 heavy (non-hydrogen) atoms. The molecule has 0 aliphatic carbocycles. The van der Waals surface area contributed by atoms with Crippen molar-refractivity contribution in [1.29, 1.82) is 0 Å². The van der Waals surface area contributed by atoms with Crippen LogP contribution in [-0.4, -0.2) is 18.3 Å². The van der Waals surface area contributed by atoms with Crippen molar-refractivity contribution in [1.82, 2.24) is 0 Å². The van der Waals surface area contributed by atoms with Gasteiger partial charge < -0.3 is 15.6 Å². The summed E-state index contributed by atoms with van der Waals surface area (Å²) in [5.41, 5.74) is 6.52. The molecule has 0 aliphatic heterocycles. The van der Waals surface area contributed by atoms with Crippen LogP contribution in [0.2, 0.25) is 0 Å². The molecule has 1 aromatic carbocycles. The van der Waals surface area contributed by atoms with Crippen molar-refractivity contribution in [3.63, 3.8) is 0 Å². The Morgan fingerprint density at radius 1 is 1.25 bits per heavy atom. The maximum atomic E-state index is 10.1. The Hall–Kier alpha value is -1.06. The Bertz CT molecular complexity index is 293. The molecule has 1 rings (SSSR count). The molecule has 3 nitrogen and oxygen atoms in total. The van der Waals surface area contributed by atoms with Gasteiger partial charge in [-0.1, -0.05) is 19.1 Å². The van der Waals surface area contributed by atoms with E-state index in [9.17, 15) is 5.11 Å². The Morgan fingerprint density at radius 2 is 1.88 bits per heavy atom. The van der Waals surface area contributed by atoms with Crippen LogP contribution in [0.5, 0.6) is 5.75 Å². The normalized spacial score (nSPS) is 14.5. The SMILES string of the molecule is CCOc1ccc(C(O)C(CC)CN)cc1. The first-order valence-corrected chi connectivity index (χ1v) is 5.83. The van der Waals surface area contributed by atoms with E-state index in [2.05, 4.69) is 0 Å². The van der Waals surface area contributed by atoms with Crippen molar-refractivity contribution < 1.29 is 9.84 Å². The van der Waals surface area contributed by atoms with Gasteiger partial charge in [0.05, 0.1) is 12.7 Å². The first-order chi connectivity index (χ1) is 7.72. The molecule has 0 saturated carbocycles. The van der Waals surface area contributed by atoms with Crippen molar-refractivity contribution >= 4 is 0 Å². The van der Waals surface area contributed by atoms with Crippen molar-refractivity contribution in [2.24, 2.45) is 11.7 Å². The highest BCUT2D eigenvalue weighted by atomic mass is 16.5. The number of hydrogen-bond donors (Lipinski definition) is 2. The van der Waals surface area contributed by atoms with Crippen LogP contribution in [0.25, 0.3) is 0 Å². The molecular weight excluding hydrogens is 202 g/mol. The zero-order valence-corrected chi connectivity index (χ0v) is 10.0. The summed E-state index contributed by atoms with van der Waals surface area (Å²) < 4.78 is 5.35. The molecule has 2 atom stereocenters. The summed E-state index contributed by atoms with van der Waals surface area (Å²) in [7, 11) is 0. The Kier molecular flexibility index (Phi) is 5.29. The first-order valence-electron chi connectivity index (χ1n) is 5.83. The second-order valence-electron chi connectivity index (χ2n) is 3.85. The zero-order valence-electron chi connectivity index (χ0n) is 10.0. The summed E-state index contributed by atoms with van der Waals surface area (Å²) >= 11 is 0. The van der Waals surface area contributed by atoms with Gasteiger partial charge in [0.2, 0.25) is 0 Å². The van der Waals surface area contributed by atoms with Gasteiger partial charge in [-0.2, -0.15) is 0 Å². The average Bonchev–Trinajstić information content (AvgIpc) is 2.32. The number of aliphatic hydroxyl groups is 1. The Morgan fingerprint density at radius 3 is 2.31 bits per heavy atom. The number of nitrogens with two attached hydrogens (primary N) is 1. The molecule has 0 radical (unpaired) electrons. The minimum absolute atomic E-state index is 0.123. The van der Waals surface area contributed by atoms with E-state index >= 15 is 0 Å². The molecule has 0 fully saturated rings. The van der Waals surface area contributed by atoms with E-state index in [-0.39, 0.29) is 5.92 Å². The Balaban J connectivity index is 2.72. The van der Waals surface area contributed by atoms with Gasteiger partial charge in [0.15, 0.2) is 0 Å². The predicted octanol–water partition coefficient (Wildman–Crippen LogP) is 2.10. The molecule has 0 bridgehead atoms. The van der Waals surface area contributed by atoms with Crippen LogP contribution in [0.15, 0.2) is 24.3 Å². The molecule has 0 aromatic heterocycles. The number of benzene rings is 1. The third-order valence-corrected chi connectivity index (χ3v) is 2.81. The predicted molar refractivity (Wildman–Crippen MR) is 65.4 cm³/mol. The monoisotopic (exact) mass is 223 g/mol. The second kappa shape index (κ2) is 6.51. The summed E-state index contributed by atoms with van der Waals surface area (Å²) in [6.45, 7) is 5.15. The first kappa shape index (κ1) is 13.0. The van der Waals surface area contributed by atoms with Gasteiger partial charge in [0, 0.05) is 5.92 Å². The minimum atomic E-state index is -0.481. The van der Waals surface area contributed by atoms with Crippen LogP contribution in [0.1, 0.15) is 31.9 Å². The van der Waals surface area contributed by atoms with Gasteiger partial charge in [-0.05, 0) is 37.6 Å². The quantitative estimate of drug-likeness (QED) is 0.776. The lowest BCUT2D eigenvalue weighted by Crippen LogP contribution is -2.21. The van der Waals surface area contributed by atoms with E-state index in [1.807, 2.05) is 38.1 Å². The highest BCUT2D eigenvalue weighted by Gasteiger charge is 2.17. The highest BCUT2D eigenvalue weighted by molar-refractivity contribution is 5.28. The van der Waals surface area contributed by atoms with E-state index in [1.165, 1.54) is 0 Å². The molecule has 0 saturated heterocycles. The summed E-state index contributed by atoms with van der Waals surface area (Å²) in [5.74, 6) is 0.956. The molecule has 90 valence electrons. The van der Waals surface area contributed by atoms with E-state index in [0.717, 1.165) is 17.7 Å². The standard InChI is InChI=1S/C13H21NO2/c1-3-10(9-14)13(15)11-5-7-12(8-6-11)16-4-2/h5-8,10,13,15H,3-4,9,14H2,1-2H3. The number of hydrogen-bond acceptors (Lipinski definition) is 3. The van der Waals surface area contributed by atoms with E-state index < -0.39 is 6.10 Å². The van der Waals surface area contributed by atoms with Crippen LogP contribution in [0.4, 0.5) is 0 Å². The molecular formula is C13H21NO2. The lowest BCUT2D eigenvalue weighted by Gasteiger charge is -2.20. The summed E-state index contributed by atoms with van der Waals surface area (Å²) in [5, 5.41) is 10.1. The second-order valence-corrected chi connectivity index (χ2v) is 3.85. The molecule has 0 amide bonds. The fourth-order valence-electron chi connectivity index (χ4n) is 1.72. The fraction of sp³-hybridized carbons (Fsp3) is 0.538. The van der Waals surface area contributed by atoms with Gasteiger partial charge >= 0.3 is 0 Å². The number of rotatable bonds is 6. The van der Waals surface area contributed by atoms with Gasteiger partial charge in [0.1, 0.15) is 5.75 Å². The van der Waals surface area contributed by atoms with Crippen LogP contribution in [0, 0.1) is 5.92 Å². The maximum Gasteiger partial charge on any atom is 0.119 e. The van der Waals surface area contributed by atoms with E-state index in [4.69, 9.17) is 10.5 Å². The topological polar surface area (TPSA) is 55.5 Å². The molecule has 0 spiro atoms. The largest absolute Gasteiger partial charge is 0.494 e. The third kappa shape index (κ3) is 3.22. The van der Waals surface area contributed by atoms with Crippen molar-refractivity contribution in [2.45, 2.75) is 26.4 Å². The molecule has 0 heterocycles. The molecule has 3 N–H and O–H groups in total. The van der Waals surface area contributed by atoms with E-state index in [0.29, 0.717) is 13.2 Å².